The minimum atomic E-state index is -3.55. The molecule has 3 heterocycles. The van der Waals surface area contributed by atoms with Crippen LogP contribution in [0, 0.1) is 6.92 Å². The summed E-state index contributed by atoms with van der Waals surface area (Å²) in [7, 11) is -3.55. The summed E-state index contributed by atoms with van der Waals surface area (Å²) in [5.74, 6) is -0.318. The van der Waals surface area contributed by atoms with Crippen LogP contribution in [0.15, 0.2) is 64.9 Å². The molecule has 180 valence electrons. The van der Waals surface area contributed by atoms with Crippen LogP contribution in [-0.2, 0) is 14.8 Å². The number of sulfonamides is 1. The first-order valence-corrected chi connectivity index (χ1v) is 14.0. The highest BCUT2D eigenvalue weighted by molar-refractivity contribution is 7.89. The van der Waals surface area contributed by atoms with Crippen LogP contribution >= 0.6 is 22.7 Å². The number of amides is 1. The zero-order valence-corrected chi connectivity index (χ0v) is 21.3. The second-order valence-electron chi connectivity index (χ2n) is 7.81. The first kappa shape index (κ1) is 23.8. The van der Waals surface area contributed by atoms with Crippen molar-refractivity contribution in [2.45, 2.75) is 11.8 Å². The third-order valence-corrected chi connectivity index (χ3v) is 9.16. The molecule has 0 spiro atoms. The molecule has 0 atom stereocenters. The Hall–Kier alpha value is -2.96. The number of benzene rings is 2. The lowest BCUT2D eigenvalue weighted by Gasteiger charge is -2.26. The highest BCUT2D eigenvalue weighted by Gasteiger charge is 2.26. The van der Waals surface area contributed by atoms with Gasteiger partial charge in [-0.15, -0.1) is 22.7 Å². The average Bonchev–Trinajstić information content (AvgIpc) is 3.52. The smallest absolute Gasteiger partial charge is 0.277 e. The minimum absolute atomic E-state index is 0.235. The summed E-state index contributed by atoms with van der Waals surface area (Å²) in [5, 5.41) is 5.92. The molecular formula is C24H22N4O4S3. The number of aromatic nitrogens is 2. The van der Waals surface area contributed by atoms with Crippen LogP contribution in [0.4, 0.5) is 5.13 Å². The monoisotopic (exact) mass is 526 g/mol. The summed E-state index contributed by atoms with van der Waals surface area (Å²) in [4.78, 5) is 23.0. The zero-order valence-electron chi connectivity index (χ0n) is 18.8. The molecule has 5 rings (SSSR count). The van der Waals surface area contributed by atoms with Gasteiger partial charge in [0.1, 0.15) is 5.69 Å². The highest BCUT2D eigenvalue weighted by Crippen LogP contribution is 2.32. The van der Waals surface area contributed by atoms with E-state index < -0.39 is 10.0 Å². The molecule has 1 N–H and O–H groups in total. The maximum absolute atomic E-state index is 13.0. The van der Waals surface area contributed by atoms with Gasteiger partial charge in [-0.2, -0.15) is 4.31 Å². The first-order valence-electron chi connectivity index (χ1n) is 10.9. The van der Waals surface area contributed by atoms with Crippen molar-refractivity contribution in [1.82, 2.24) is 14.3 Å². The van der Waals surface area contributed by atoms with E-state index in [0.29, 0.717) is 42.8 Å². The van der Waals surface area contributed by atoms with Crippen LogP contribution in [0.25, 0.3) is 21.7 Å². The van der Waals surface area contributed by atoms with Crippen LogP contribution in [0.1, 0.15) is 15.5 Å². The van der Waals surface area contributed by atoms with Crippen LogP contribution < -0.4 is 5.32 Å². The number of aryl methyl sites for hydroxylation is 1. The molecule has 1 amide bonds. The number of thiazole rings is 2. The lowest BCUT2D eigenvalue weighted by atomic mass is 10.1. The van der Waals surface area contributed by atoms with E-state index in [2.05, 4.69) is 15.3 Å². The predicted molar refractivity (Wildman–Crippen MR) is 137 cm³/mol. The normalized spacial score (nSPS) is 14.7. The molecule has 2 aromatic heterocycles. The Kier molecular flexibility index (Phi) is 6.76. The number of nitrogens with zero attached hydrogens (tertiary/aromatic N) is 3. The van der Waals surface area contributed by atoms with Crippen molar-refractivity contribution in [2.75, 3.05) is 31.6 Å². The van der Waals surface area contributed by atoms with E-state index in [9.17, 15) is 13.2 Å². The summed E-state index contributed by atoms with van der Waals surface area (Å²) < 4.78 is 32.3. The van der Waals surface area contributed by atoms with Gasteiger partial charge in [0.05, 0.1) is 33.7 Å². The summed E-state index contributed by atoms with van der Waals surface area (Å²) in [6, 6.07) is 16.3. The number of anilines is 1. The molecule has 4 aromatic rings. The van der Waals surface area contributed by atoms with Gasteiger partial charge in [0.15, 0.2) is 5.13 Å². The molecule has 1 aliphatic heterocycles. The number of hydrogen-bond donors (Lipinski definition) is 1. The highest BCUT2D eigenvalue weighted by atomic mass is 32.2. The van der Waals surface area contributed by atoms with Crippen molar-refractivity contribution in [2.24, 2.45) is 0 Å². The number of hydrogen-bond acceptors (Lipinski definition) is 8. The summed E-state index contributed by atoms with van der Waals surface area (Å²) >= 11 is 2.77. The predicted octanol–water partition coefficient (Wildman–Crippen LogP) is 4.52. The van der Waals surface area contributed by atoms with Crippen LogP contribution in [-0.4, -0.2) is 54.9 Å². The molecule has 0 unspecified atom stereocenters. The largest absolute Gasteiger partial charge is 0.379 e. The fourth-order valence-corrected chi connectivity index (χ4v) is 6.76. The molecule has 1 aliphatic rings. The van der Waals surface area contributed by atoms with Gasteiger partial charge in [-0.1, -0.05) is 42.5 Å². The topological polar surface area (TPSA) is 101 Å². The maximum atomic E-state index is 13.0. The molecule has 35 heavy (non-hydrogen) atoms. The fourth-order valence-electron chi connectivity index (χ4n) is 3.72. The van der Waals surface area contributed by atoms with Gasteiger partial charge in [0, 0.05) is 24.0 Å². The molecule has 0 radical (unpaired) electrons. The third kappa shape index (κ3) is 5.04. The van der Waals surface area contributed by atoms with Gasteiger partial charge in [0.25, 0.3) is 5.91 Å². The summed E-state index contributed by atoms with van der Waals surface area (Å²) in [5.41, 5.74) is 2.72. The first-order chi connectivity index (χ1) is 16.9. The Balaban J connectivity index is 1.32. The van der Waals surface area contributed by atoms with E-state index in [1.807, 2.05) is 42.6 Å². The lowest BCUT2D eigenvalue weighted by Crippen LogP contribution is -2.40. The Bertz CT molecular complexity index is 1440. The zero-order chi connectivity index (χ0) is 24.4. The van der Waals surface area contributed by atoms with E-state index in [-0.39, 0.29) is 10.8 Å². The van der Waals surface area contributed by atoms with Gasteiger partial charge in [0.2, 0.25) is 10.0 Å². The molecule has 8 nitrogen and oxygen atoms in total. The van der Waals surface area contributed by atoms with Crippen molar-refractivity contribution in [3.8, 4) is 21.7 Å². The number of nitrogens with one attached hydrogen (secondary N) is 1. The van der Waals surface area contributed by atoms with E-state index in [1.54, 1.807) is 24.3 Å². The second-order valence-corrected chi connectivity index (χ2v) is 11.8. The standard InChI is InChI=1S/C24H22N4O4S3/c1-16-25-21(22(34-16)18-5-3-2-4-6-18)23(29)27-24-26-20(15-33-24)17-7-9-19(10-8-17)35(30,31)28-11-13-32-14-12-28/h2-10,15H,11-14H2,1H3,(H,26,27,29). The summed E-state index contributed by atoms with van der Waals surface area (Å²) in [6.45, 7) is 3.38. The van der Waals surface area contributed by atoms with E-state index >= 15 is 0 Å². The fraction of sp³-hybridized carbons (Fsp3) is 0.208. The molecule has 1 fully saturated rings. The third-order valence-electron chi connectivity index (χ3n) is 5.47. The van der Waals surface area contributed by atoms with E-state index in [4.69, 9.17) is 4.74 Å². The number of carbonyl (C=O) groups is 1. The molecule has 0 aliphatic carbocycles. The quantitative estimate of drug-likeness (QED) is 0.397. The van der Waals surface area contributed by atoms with Gasteiger partial charge in [-0.25, -0.2) is 18.4 Å². The Labute approximate surface area is 211 Å². The minimum Gasteiger partial charge on any atom is -0.379 e. The van der Waals surface area contributed by atoms with E-state index in [1.165, 1.54) is 27.0 Å². The van der Waals surface area contributed by atoms with E-state index in [0.717, 1.165) is 21.0 Å². The van der Waals surface area contributed by atoms with Crippen LogP contribution in [0.5, 0.6) is 0 Å². The average molecular weight is 527 g/mol. The summed E-state index contributed by atoms with van der Waals surface area (Å²) in [6.07, 6.45) is 0. The van der Waals surface area contributed by atoms with Crippen LogP contribution in [0.2, 0.25) is 0 Å². The Morgan fingerprint density at radius 2 is 1.71 bits per heavy atom. The molecule has 2 aromatic carbocycles. The van der Waals surface area contributed by atoms with Crippen molar-refractivity contribution in [3.63, 3.8) is 0 Å². The van der Waals surface area contributed by atoms with Gasteiger partial charge in [-0.05, 0) is 24.6 Å². The number of carbonyl (C=O) groups excluding carboxylic acids is 1. The number of rotatable bonds is 6. The van der Waals surface area contributed by atoms with Crippen LogP contribution in [0.3, 0.4) is 0 Å². The molecule has 1 saturated heterocycles. The van der Waals surface area contributed by atoms with Gasteiger partial charge < -0.3 is 4.74 Å². The number of ether oxygens (including phenoxy) is 1. The van der Waals surface area contributed by atoms with Crippen molar-refractivity contribution in [1.29, 1.82) is 0 Å². The van der Waals surface area contributed by atoms with Gasteiger partial charge in [-0.3, -0.25) is 10.1 Å². The molecular weight excluding hydrogens is 504 g/mol. The maximum Gasteiger partial charge on any atom is 0.277 e. The lowest BCUT2D eigenvalue weighted by molar-refractivity contribution is 0.0730. The van der Waals surface area contributed by atoms with Crippen molar-refractivity contribution < 1.29 is 17.9 Å². The molecule has 0 saturated carbocycles. The molecule has 0 bridgehead atoms. The Morgan fingerprint density at radius 1 is 1.00 bits per heavy atom. The Morgan fingerprint density at radius 3 is 2.43 bits per heavy atom. The molecule has 11 heteroatoms. The number of morpholine rings is 1. The van der Waals surface area contributed by atoms with Crippen molar-refractivity contribution >= 4 is 43.7 Å². The van der Waals surface area contributed by atoms with Gasteiger partial charge >= 0.3 is 0 Å². The SMILES string of the molecule is Cc1nc(C(=O)Nc2nc(-c3ccc(S(=O)(=O)N4CCOCC4)cc3)cs2)c(-c2ccccc2)s1. The second kappa shape index (κ2) is 9.96. The van der Waals surface area contributed by atoms with Crippen molar-refractivity contribution in [3.05, 3.63) is 70.7 Å².